The minimum atomic E-state index is 0.128. The summed E-state index contributed by atoms with van der Waals surface area (Å²) in [7, 11) is 0. The topological polar surface area (TPSA) is 76.7 Å². The van der Waals surface area contributed by atoms with Gasteiger partial charge in [-0.2, -0.15) is 4.98 Å². The molecule has 13 heavy (non-hydrogen) atoms. The van der Waals surface area contributed by atoms with Gasteiger partial charge in [0.25, 0.3) is 0 Å². The highest BCUT2D eigenvalue weighted by Crippen LogP contribution is 2.14. The molecule has 1 aromatic heterocycles. The average molecular weight is 202 g/mol. The predicted molar refractivity (Wildman–Crippen MR) is 52.6 cm³/mol. The Kier molecular flexibility index (Phi) is 3.70. The van der Waals surface area contributed by atoms with E-state index < -0.39 is 0 Å². The number of nitrogens with one attached hydrogen (secondary N) is 1. The third-order valence-electron chi connectivity index (χ3n) is 1.48. The largest absolute Gasteiger partial charge is 0.367 e. The second-order valence-electron chi connectivity index (χ2n) is 2.59. The molecular weight excluding hydrogens is 190 g/mol. The van der Waals surface area contributed by atoms with Crippen LogP contribution in [-0.2, 0) is 0 Å². The van der Waals surface area contributed by atoms with Crippen LogP contribution in [0.2, 0.25) is 5.15 Å². The van der Waals surface area contributed by atoms with Crippen LogP contribution in [0, 0.1) is 0 Å². The van der Waals surface area contributed by atoms with Crippen molar-refractivity contribution in [2.75, 3.05) is 17.6 Å². The van der Waals surface area contributed by atoms with Crippen molar-refractivity contribution in [3.05, 3.63) is 5.15 Å². The molecular formula is C7H12ClN5. The molecule has 0 amide bonds. The first-order valence-electron chi connectivity index (χ1n) is 4.13. The van der Waals surface area contributed by atoms with Gasteiger partial charge in [-0.15, -0.1) is 10.2 Å². The van der Waals surface area contributed by atoms with E-state index in [1.807, 2.05) is 0 Å². The summed E-state index contributed by atoms with van der Waals surface area (Å²) < 4.78 is 0. The second-order valence-corrected chi connectivity index (χ2v) is 2.95. The lowest BCUT2D eigenvalue weighted by Crippen LogP contribution is -2.07. The van der Waals surface area contributed by atoms with Gasteiger partial charge in [-0.05, 0) is 6.42 Å². The fraction of sp³-hybridized carbons (Fsp3) is 0.571. The number of aromatic nitrogens is 3. The van der Waals surface area contributed by atoms with Gasteiger partial charge < -0.3 is 11.1 Å². The second kappa shape index (κ2) is 4.81. The minimum absolute atomic E-state index is 0.128. The van der Waals surface area contributed by atoms with Crippen LogP contribution in [0.15, 0.2) is 0 Å². The Labute approximate surface area is 81.7 Å². The zero-order valence-electron chi connectivity index (χ0n) is 7.42. The molecule has 0 bridgehead atoms. The molecule has 6 heteroatoms. The van der Waals surface area contributed by atoms with Crippen molar-refractivity contribution in [1.29, 1.82) is 0 Å². The lowest BCUT2D eigenvalue weighted by molar-refractivity contribution is 0.827. The molecule has 0 fully saturated rings. The summed E-state index contributed by atoms with van der Waals surface area (Å²) in [6, 6.07) is 0. The van der Waals surface area contributed by atoms with Crippen LogP contribution in [0.4, 0.5) is 11.8 Å². The Hall–Kier alpha value is -1.10. The Bertz CT molecular complexity index is 278. The zero-order chi connectivity index (χ0) is 9.68. The fourth-order valence-electron chi connectivity index (χ4n) is 0.822. The molecule has 0 spiro atoms. The Balaban J connectivity index is 2.59. The standard InChI is InChI=1S/C7H12ClN5/c1-2-3-4-10-6-5(8)12-13-7(9)11-6/h2-4H2,1H3,(H3,9,10,11,13). The van der Waals surface area contributed by atoms with Gasteiger partial charge >= 0.3 is 0 Å². The number of halogens is 1. The third-order valence-corrected chi connectivity index (χ3v) is 1.74. The van der Waals surface area contributed by atoms with E-state index in [0.717, 1.165) is 19.4 Å². The van der Waals surface area contributed by atoms with Crippen LogP contribution in [-0.4, -0.2) is 21.7 Å². The highest BCUT2D eigenvalue weighted by molar-refractivity contribution is 6.31. The van der Waals surface area contributed by atoms with Crippen LogP contribution in [0.3, 0.4) is 0 Å². The van der Waals surface area contributed by atoms with Crippen molar-refractivity contribution < 1.29 is 0 Å². The first-order chi connectivity index (χ1) is 6.24. The van der Waals surface area contributed by atoms with E-state index in [4.69, 9.17) is 17.3 Å². The number of hydrogen-bond donors (Lipinski definition) is 2. The molecule has 5 nitrogen and oxygen atoms in total. The van der Waals surface area contributed by atoms with Crippen molar-refractivity contribution in [3.63, 3.8) is 0 Å². The lowest BCUT2D eigenvalue weighted by Gasteiger charge is -2.04. The monoisotopic (exact) mass is 201 g/mol. The summed E-state index contributed by atoms with van der Waals surface area (Å²) in [6.45, 7) is 2.92. The van der Waals surface area contributed by atoms with Crippen LogP contribution >= 0.6 is 11.6 Å². The van der Waals surface area contributed by atoms with Gasteiger partial charge in [0.15, 0.2) is 11.0 Å². The summed E-state index contributed by atoms with van der Waals surface area (Å²) >= 11 is 5.72. The van der Waals surface area contributed by atoms with Crippen LogP contribution in [0.25, 0.3) is 0 Å². The van der Waals surface area contributed by atoms with Crippen LogP contribution in [0.5, 0.6) is 0 Å². The number of nitrogens with two attached hydrogens (primary N) is 1. The summed E-state index contributed by atoms with van der Waals surface area (Å²) in [4.78, 5) is 3.91. The highest BCUT2D eigenvalue weighted by atomic mass is 35.5. The molecule has 0 aliphatic carbocycles. The molecule has 0 unspecified atom stereocenters. The SMILES string of the molecule is CCCCNc1nc(N)nnc1Cl. The summed E-state index contributed by atoms with van der Waals surface area (Å²) in [5, 5.41) is 10.4. The van der Waals surface area contributed by atoms with Crippen molar-refractivity contribution >= 4 is 23.4 Å². The first-order valence-corrected chi connectivity index (χ1v) is 4.51. The lowest BCUT2D eigenvalue weighted by atomic mass is 10.3. The molecule has 0 aromatic carbocycles. The van der Waals surface area contributed by atoms with Gasteiger partial charge in [0.05, 0.1) is 0 Å². The molecule has 0 atom stereocenters. The maximum atomic E-state index is 5.72. The van der Waals surface area contributed by atoms with E-state index in [0.29, 0.717) is 5.82 Å². The quantitative estimate of drug-likeness (QED) is 0.719. The van der Waals surface area contributed by atoms with Gasteiger partial charge in [0.2, 0.25) is 5.95 Å². The number of hydrogen-bond acceptors (Lipinski definition) is 5. The van der Waals surface area contributed by atoms with Crippen molar-refractivity contribution in [3.8, 4) is 0 Å². The van der Waals surface area contributed by atoms with E-state index in [1.54, 1.807) is 0 Å². The highest BCUT2D eigenvalue weighted by Gasteiger charge is 2.03. The average Bonchev–Trinajstić information content (AvgIpc) is 2.11. The van der Waals surface area contributed by atoms with Crippen LogP contribution < -0.4 is 11.1 Å². The van der Waals surface area contributed by atoms with E-state index in [9.17, 15) is 0 Å². The number of anilines is 2. The minimum Gasteiger partial charge on any atom is -0.367 e. The first kappa shape index (κ1) is 9.98. The maximum absolute atomic E-state index is 5.72. The smallest absolute Gasteiger partial charge is 0.242 e. The van der Waals surface area contributed by atoms with Crippen LogP contribution in [0.1, 0.15) is 19.8 Å². The number of nitrogens with zero attached hydrogens (tertiary/aromatic N) is 3. The van der Waals surface area contributed by atoms with Gasteiger partial charge in [-0.25, -0.2) is 0 Å². The van der Waals surface area contributed by atoms with Crippen molar-refractivity contribution in [1.82, 2.24) is 15.2 Å². The summed E-state index contributed by atoms with van der Waals surface area (Å²) in [5.41, 5.74) is 5.35. The molecule has 1 aromatic rings. The van der Waals surface area contributed by atoms with Gasteiger partial charge in [-0.3, -0.25) is 0 Å². The molecule has 1 heterocycles. The van der Waals surface area contributed by atoms with E-state index in [1.165, 1.54) is 0 Å². The third kappa shape index (κ3) is 3.02. The zero-order valence-corrected chi connectivity index (χ0v) is 8.17. The maximum Gasteiger partial charge on any atom is 0.242 e. The molecule has 0 aliphatic heterocycles. The van der Waals surface area contributed by atoms with Gasteiger partial charge in [0.1, 0.15) is 0 Å². The summed E-state index contributed by atoms with van der Waals surface area (Å²) in [6.07, 6.45) is 2.17. The fourth-order valence-corrected chi connectivity index (χ4v) is 0.968. The van der Waals surface area contributed by atoms with Crippen molar-refractivity contribution in [2.24, 2.45) is 0 Å². The molecule has 0 aliphatic rings. The normalized spacial score (nSPS) is 10.0. The van der Waals surface area contributed by atoms with E-state index in [-0.39, 0.29) is 11.1 Å². The Morgan fingerprint density at radius 1 is 1.46 bits per heavy atom. The Morgan fingerprint density at radius 2 is 2.23 bits per heavy atom. The van der Waals surface area contributed by atoms with E-state index >= 15 is 0 Å². The van der Waals surface area contributed by atoms with Gasteiger partial charge in [-0.1, -0.05) is 24.9 Å². The molecule has 0 saturated heterocycles. The van der Waals surface area contributed by atoms with Crippen molar-refractivity contribution in [2.45, 2.75) is 19.8 Å². The molecule has 0 radical (unpaired) electrons. The molecule has 0 saturated carbocycles. The Morgan fingerprint density at radius 3 is 2.92 bits per heavy atom. The number of rotatable bonds is 4. The molecule has 3 N–H and O–H groups in total. The number of nitrogen functional groups attached to an aromatic ring is 1. The molecule has 72 valence electrons. The van der Waals surface area contributed by atoms with Gasteiger partial charge in [0, 0.05) is 6.54 Å². The summed E-state index contributed by atoms with van der Waals surface area (Å²) in [5.74, 6) is 0.631. The van der Waals surface area contributed by atoms with E-state index in [2.05, 4.69) is 27.4 Å². The molecule has 1 rings (SSSR count). The predicted octanol–water partition coefficient (Wildman–Crippen LogP) is 1.32. The number of unbranched alkanes of at least 4 members (excludes halogenated alkanes) is 1.